The Hall–Kier alpha value is -3.00. The molecule has 0 aromatic carbocycles. The molecule has 3 amide bonds. The zero-order valence-electron chi connectivity index (χ0n) is 39.4. The van der Waals surface area contributed by atoms with E-state index in [9.17, 15) is 78.3 Å². The van der Waals surface area contributed by atoms with Gasteiger partial charge in [0.25, 0.3) is 15.6 Å². The van der Waals surface area contributed by atoms with Crippen LogP contribution in [0.15, 0.2) is 12.7 Å². The van der Waals surface area contributed by atoms with E-state index in [1.54, 1.807) is 0 Å². The molecule has 0 spiro atoms. The summed E-state index contributed by atoms with van der Waals surface area (Å²) in [6.45, 7) is -0.390. The fraction of sp³-hybridized carbons (Fsp3) is 0.778. The van der Waals surface area contributed by atoms with Crippen molar-refractivity contribution in [2.45, 2.75) is 125 Å². The van der Waals surface area contributed by atoms with Gasteiger partial charge >= 0.3 is 0 Å². The number of carbonyl (C=O) groups is 3. The number of nitrogens with zero attached hydrogens (tertiary/aromatic N) is 4. The third-order valence-corrected chi connectivity index (χ3v) is 15.7. The van der Waals surface area contributed by atoms with Crippen molar-refractivity contribution >= 4 is 69.9 Å². The van der Waals surface area contributed by atoms with Crippen molar-refractivity contribution < 1.29 is 110 Å². The van der Waals surface area contributed by atoms with Crippen LogP contribution in [0.3, 0.4) is 0 Å². The molecule has 3 fully saturated rings. The van der Waals surface area contributed by atoms with Crippen molar-refractivity contribution in [2.24, 2.45) is 22.6 Å². The third kappa shape index (κ3) is 16.8. The lowest BCUT2D eigenvalue weighted by Gasteiger charge is -2.45. The normalized spacial score (nSPS) is 31.8. The second kappa shape index (κ2) is 26.1. The van der Waals surface area contributed by atoms with Gasteiger partial charge in [-0.25, -0.2) is 19.3 Å². The van der Waals surface area contributed by atoms with Gasteiger partial charge in [0.1, 0.15) is 66.8 Å². The van der Waals surface area contributed by atoms with Gasteiger partial charge in [0.2, 0.25) is 17.7 Å². The first-order valence-corrected chi connectivity index (χ1v) is 27.9. The maximum Gasteiger partial charge on any atom is 0.274 e. The number of nitrogen functional groups attached to an aromatic ring is 1. The number of thioether (sulfide) groups is 1. The van der Waals surface area contributed by atoms with Gasteiger partial charge in [0.15, 0.2) is 24.0 Å². The number of nitrogens with two attached hydrogens (primary N) is 4. The number of aromatic nitrogens is 4. The predicted octanol–water partition coefficient (Wildman–Crippen LogP) is -8.94. The molecule has 2 aliphatic heterocycles. The second-order valence-corrected chi connectivity index (χ2v) is 23.2. The Bertz CT molecular complexity index is 2380. The lowest BCUT2D eigenvalue weighted by Crippen LogP contribution is -2.67. The molecule has 2 unspecified atom stereocenters. The quantitative estimate of drug-likeness (QED) is 0.0307. The maximum atomic E-state index is 12.7. The Morgan fingerprint density at radius 3 is 2.20 bits per heavy atom. The summed E-state index contributed by atoms with van der Waals surface area (Å²) in [6.07, 6.45) is -17.3. The molecule has 38 heteroatoms. The fourth-order valence-electron chi connectivity index (χ4n) is 7.62. The van der Waals surface area contributed by atoms with E-state index in [0.29, 0.717) is 11.5 Å². The molecule has 422 valence electrons. The zero-order valence-corrected chi connectivity index (χ0v) is 42.9. The fourth-order valence-corrected chi connectivity index (χ4v) is 11.1. The number of phosphoric acid groups is 3. The molecular formula is C36H60N11O23P3S-4. The van der Waals surface area contributed by atoms with Crippen LogP contribution in [0.2, 0.25) is 0 Å². The molecule has 74 heavy (non-hydrogen) atoms. The maximum absolute atomic E-state index is 12.7. The van der Waals surface area contributed by atoms with Crippen molar-refractivity contribution in [1.82, 2.24) is 35.5 Å². The van der Waals surface area contributed by atoms with Crippen LogP contribution in [0.1, 0.15) is 39.3 Å². The highest BCUT2D eigenvalue weighted by Gasteiger charge is 2.49. The largest absolute Gasteiger partial charge is 0.790 e. The molecule has 17 N–H and O–H groups in total. The van der Waals surface area contributed by atoms with Gasteiger partial charge in [-0.3, -0.25) is 28.1 Å². The van der Waals surface area contributed by atoms with E-state index in [-0.39, 0.29) is 55.9 Å². The summed E-state index contributed by atoms with van der Waals surface area (Å²) in [5.74, 6) is -1.44. The molecular weight excluding hydrogens is 1080 g/mol. The molecule has 2 aromatic rings. The monoisotopic (exact) mass is 1140 g/mol. The van der Waals surface area contributed by atoms with Crippen LogP contribution in [0.4, 0.5) is 5.82 Å². The predicted molar refractivity (Wildman–Crippen MR) is 242 cm³/mol. The van der Waals surface area contributed by atoms with Crippen molar-refractivity contribution in [1.29, 1.82) is 0 Å². The summed E-state index contributed by atoms with van der Waals surface area (Å²) in [4.78, 5) is 97.3. The number of phosphoric ester groups is 3. The first kappa shape index (κ1) is 61.8. The van der Waals surface area contributed by atoms with Gasteiger partial charge in [0, 0.05) is 61.5 Å². The number of imidazole rings is 1. The number of carbonyl (C=O) groups excluding carboxylic acids is 3. The van der Waals surface area contributed by atoms with Crippen LogP contribution in [0.5, 0.6) is 0 Å². The molecule has 17 atom stereocenters. The number of nitrogens with one attached hydrogen (secondary N) is 3. The summed E-state index contributed by atoms with van der Waals surface area (Å²) >= 11 is 1.30. The molecule has 34 nitrogen and oxygen atoms in total. The van der Waals surface area contributed by atoms with Crippen LogP contribution >= 0.6 is 35.2 Å². The SMILES string of the molecule is CC(C)(COP(=O)([O-])OP(=O)([O-])OC[C@H]1O[C@@H](n2cnc3c(N)ncnc32)[C@H](O)[C@@H]1OP(=O)([O-])[O-])[C@@H](O)C(=O)NCCC(=O)NCCSCCC(=O)NC[C@H]1O[C@H](O[C@H]2[C@H](O)[C@@H](O)[C@H](N)C[C@@H]2N)[C@H](N)[C@@H](O)[C@@H]1O. The van der Waals surface area contributed by atoms with Crippen LogP contribution in [-0.2, 0) is 60.2 Å². The minimum atomic E-state index is -5.96. The summed E-state index contributed by atoms with van der Waals surface area (Å²) in [7, 11) is -17.7. The Kier molecular flexibility index (Phi) is 21.8. The number of ether oxygens (including phenoxy) is 3. The molecule has 5 rings (SSSR count). The number of aliphatic hydroxyl groups is 6. The van der Waals surface area contributed by atoms with Gasteiger partial charge in [0.05, 0.1) is 39.5 Å². The number of hydrogen-bond donors (Lipinski definition) is 13. The van der Waals surface area contributed by atoms with Gasteiger partial charge < -0.3 is 121 Å². The highest BCUT2D eigenvalue weighted by Crippen LogP contribution is 2.56. The van der Waals surface area contributed by atoms with Gasteiger partial charge in [-0.15, -0.1) is 0 Å². The van der Waals surface area contributed by atoms with E-state index < -0.39 is 152 Å². The molecule has 4 heterocycles. The van der Waals surface area contributed by atoms with Gasteiger partial charge in [-0.05, 0) is 6.42 Å². The third-order valence-electron chi connectivity index (χ3n) is 11.7. The van der Waals surface area contributed by atoms with Crippen molar-refractivity contribution in [3.8, 4) is 0 Å². The lowest BCUT2D eigenvalue weighted by molar-refractivity contribution is -0.347. The number of amides is 3. The topological polar surface area (TPSA) is 564 Å². The Balaban J connectivity index is 0.960. The minimum absolute atomic E-state index is 0.0110. The zero-order chi connectivity index (χ0) is 55.1. The lowest BCUT2D eigenvalue weighted by atomic mass is 9.84. The molecule has 1 saturated carbocycles. The first-order chi connectivity index (χ1) is 34.4. The first-order valence-electron chi connectivity index (χ1n) is 22.4. The summed E-state index contributed by atoms with van der Waals surface area (Å²) in [5.41, 5.74) is 21.8. The molecule has 0 radical (unpaired) electrons. The second-order valence-electron chi connectivity index (χ2n) is 17.9. The summed E-state index contributed by atoms with van der Waals surface area (Å²) < 4.78 is 72.2. The van der Waals surface area contributed by atoms with Gasteiger partial charge in [-0.1, -0.05) is 13.8 Å². The number of aliphatic hydroxyl groups excluding tert-OH is 6. The Labute approximate surface area is 424 Å². The van der Waals surface area contributed by atoms with Crippen LogP contribution in [0.25, 0.3) is 11.2 Å². The molecule has 0 bridgehead atoms. The van der Waals surface area contributed by atoms with Crippen molar-refractivity contribution in [3.05, 3.63) is 12.7 Å². The average Bonchev–Trinajstić information content (AvgIpc) is 3.88. The summed E-state index contributed by atoms with van der Waals surface area (Å²) in [6, 6.07) is -2.88. The molecule has 2 aromatic heterocycles. The highest BCUT2D eigenvalue weighted by atomic mass is 32.2. The standard InChI is InChI=1S/C36H64N11O23P3S/c1-36(2,12-65-73(62,63)70-72(60,61)64-11-18-29(69-71(57,58)59)27(54)34(66-18)47-14-46-22-31(40)44-13-45-32(22)47)30(55)33(56)42-5-3-19(48)41-6-8-74-7-4-20(49)43-10-17-24(51)25(52)21(39)35(67-17)68-28-16(38)9-15(37)23(50)26(28)53/h13-18,21,23-30,34-35,50-55H,3-12,37-39H2,1-2H3,(H,41,48)(H,42,56)(H,43,49)(H,60,61)(H,62,63)(H2,40,44,45)(H2,57,58,59)/p-4/t15-,16+,17-,18-,21-,23+,24-,25-,26-,27-,28-,29-,30+,34-,35-/m1/s1. The number of anilines is 1. The highest BCUT2D eigenvalue weighted by molar-refractivity contribution is 7.99. The number of fused-ring (bicyclic) bond motifs is 1. The Morgan fingerprint density at radius 1 is 0.838 bits per heavy atom. The van der Waals surface area contributed by atoms with Crippen molar-refractivity contribution in [3.63, 3.8) is 0 Å². The van der Waals surface area contributed by atoms with E-state index in [1.165, 1.54) is 25.6 Å². The van der Waals surface area contributed by atoms with E-state index in [1.807, 2.05) is 0 Å². The average molecular weight is 1140 g/mol. The molecule has 1 aliphatic carbocycles. The Morgan fingerprint density at radius 2 is 1.51 bits per heavy atom. The van der Waals surface area contributed by atoms with Crippen LogP contribution in [-0.4, -0.2) is 198 Å². The van der Waals surface area contributed by atoms with Crippen molar-refractivity contribution in [2.75, 3.05) is 50.1 Å². The van der Waals surface area contributed by atoms with E-state index in [0.717, 1.165) is 17.2 Å². The van der Waals surface area contributed by atoms with Gasteiger partial charge in [-0.2, -0.15) is 11.8 Å². The van der Waals surface area contributed by atoms with E-state index in [2.05, 4.69) is 48.8 Å². The molecule has 3 aliphatic rings. The van der Waals surface area contributed by atoms with Crippen LogP contribution in [0, 0.1) is 5.41 Å². The van der Waals surface area contributed by atoms with E-state index >= 15 is 0 Å². The minimum Gasteiger partial charge on any atom is -0.790 e. The van der Waals surface area contributed by atoms with E-state index in [4.69, 9.17) is 37.1 Å². The van der Waals surface area contributed by atoms with Crippen LogP contribution < -0.4 is 58.5 Å². The number of hydrogen-bond acceptors (Lipinski definition) is 31. The molecule has 2 saturated heterocycles. The summed E-state index contributed by atoms with van der Waals surface area (Å²) in [5, 5.41) is 70.6. The smallest absolute Gasteiger partial charge is 0.274 e. The number of rotatable bonds is 26.